The molecule has 2 N–H and O–H groups in total. The molecule has 1 rings (SSSR count). The molecule has 0 aromatic heterocycles. The summed E-state index contributed by atoms with van der Waals surface area (Å²) in [6, 6.07) is 0.383. The lowest BCUT2D eigenvalue weighted by Gasteiger charge is -2.37. The Morgan fingerprint density at radius 1 is 1.27 bits per heavy atom. The first kappa shape index (κ1) is 13.0. The van der Waals surface area contributed by atoms with E-state index in [0.717, 1.165) is 0 Å². The van der Waals surface area contributed by atoms with Crippen molar-refractivity contribution in [2.24, 2.45) is 5.73 Å². The molecule has 1 heterocycles. The molecule has 0 saturated carbocycles. The van der Waals surface area contributed by atoms with Crippen LogP contribution >= 0.6 is 0 Å². The maximum Gasteiger partial charge on any atom is 0.0330 e. The van der Waals surface area contributed by atoms with Gasteiger partial charge in [-0.3, -0.25) is 4.90 Å². The Kier molecular flexibility index (Phi) is 5.07. The van der Waals surface area contributed by atoms with Gasteiger partial charge in [-0.05, 0) is 32.7 Å². The lowest BCUT2D eigenvalue weighted by atomic mass is 9.91. The first-order valence-electron chi connectivity index (χ1n) is 6.65. The SMILES string of the molecule is CCCCCCN1CCC(N)C1(C)CC. The monoisotopic (exact) mass is 212 g/mol. The fourth-order valence-corrected chi connectivity index (χ4v) is 2.68. The minimum atomic E-state index is 0.270. The zero-order valence-electron chi connectivity index (χ0n) is 10.8. The summed E-state index contributed by atoms with van der Waals surface area (Å²) in [6.07, 6.45) is 7.78. The van der Waals surface area contributed by atoms with Crippen LogP contribution in [0.5, 0.6) is 0 Å². The van der Waals surface area contributed by atoms with E-state index in [0.29, 0.717) is 6.04 Å². The molecule has 2 atom stereocenters. The lowest BCUT2D eigenvalue weighted by molar-refractivity contribution is 0.135. The predicted molar refractivity (Wildman–Crippen MR) is 67.0 cm³/mol. The van der Waals surface area contributed by atoms with E-state index in [1.54, 1.807) is 0 Å². The second-order valence-electron chi connectivity index (χ2n) is 5.15. The van der Waals surface area contributed by atoms with Crippen LogP contribution in [-0.4, -0.2) is 29.6 Å². The number of unbranched alkanes of at least 4 members (excludes halogenated alkanes) is 3. The van der Waals surface area contributed by atoms with Crippen molar-refractivity contribution >= 4 is 0 Å². The quantitative estimate of drug-likeness (QED) is 0.686. The topological polar surface area (TPSA) is 29.3 Å². The van der Waals surface area contributed by atoms with E-state index in [2.05, 4.69) is 25.7 Å². The molecule has 0 aliphatic carbocycles. The Bertz CT molecular complexity index is 181. The Morgan fingerprint density at radius 3 is 2.60 bits per heavy atom. The summed E-state index contributed by atoms with van der Waals surface area (Å²) < 4.78 is 0. The van der Waals surface area contributed by atoms with Gasteiger partial charge in [-0.1, -0.05) is 33.1 Å². The fourth-order valence-electron chi connectivity index (χ4n) is 2.68. The van der Waals surface area contributed by atoms with Crippen LogP contribution in [-0.2, 0) is 0 Å². The van der Waals surface area contributed by atoms with Crippen molar-refractivity contribution in [1.82, 2.24) is 4.90 Å². The zero-order chi connectivity index (χ0) is 11.3. The number of nitrogens with zero attached hydrogens (tertiary/aromatic N) is 1. The molecule has 1 saturated heterocycles. The van der Waals surface area contributed by atoms with E-state index in [-0.39, 0.29) is 5.54 Å². The highest BCUT2D eigenvalue weighted by Crippen LogP contribution is 2.31. The Balaban J connectivity index is 2.34. The average molecular weight is 212 g/mol. The van der Waals surface area contributed by atoms with Crippen LogP contribution in [0, 0.1) is 0 Å². The summed E-state index contributed by atoms with van der Waals surface area (Å²) >= 11 is 0. The summed E-state index contributed by atoms with van der Waals surface area (Å²) in [5, 5.41) is 0. The van der Waals surface area contributed by atoms with Gasteiger partial charge in [-0.15, -0.1) is 0 Å². The number of likely N-dealkylation sites (tertiary alicyclic amines) is 1. The maximum atomic E-state index is 6.20. The largest absolute Gasteiger partial charge is 0.326 e. The molecule has 15 heavy (non-hydrogen) atoms. The summed E-state index contributed by atoms with van der Waals surface area (Å²) in [5.74, 6) is 0. The Labute approximate surface area is 95.2 Å². The van der Waals surface area contributed by atoms with Crippen molar-refractivity contribution in [3.05, 3.63) is 0 Å². The molecule has 90 valence electrons. The van der Waals surface area contributed by atoms with Gasteiger partial charge in [0.2, 0.25) is 0 Å². The molecular formula is C13H28N2. The molecule has 0 bridgehead atoms. The van der Waals surface area contributed by atoms with Crippen molar-refractivity contribution in [3.63, 3.8) is 0 Å². The van der Waals surface area contributed by atoms with Crippen molar-refractivity contribution in [2.75, 3.05) is 13.1 Å². The van der Waals surface area contributed by atoms with Crippen LogP contribution in [0.4, 0.5) is 0 Å². The maximum absolute atomic E-state index is 6.20. The van der Waals surface area contributed by atoms with E-state index >= 15 is 0 Å². The minimum absolute atomic E-state index is 0.270. The standard InChI is InChI=1S/C13H28N2/c1-4-6-7-8-10-15-11-9-12(14)13(15,3)5-2/h12H,4-11,14H2,1-3H3. The third-order valence-corrected chi connectivity index (χ3v) is 4.23. The lowest BCUT2D eigenvalue weighted by Crippen LogP contribution is -2.51. The molecule has 2 heteroatoms. The molecule has 2 unspecified atom stereocenters. The summed E-state index contributed by atoms with van der Waals surface area (Å²) in [4.78, 5) is 2.62. The Hall–Kier alpha value is -0.0800. The number of hydrogen-bond acceptors (Lipinski definition) is 2. The van der Waals surface area contributed by atoms with Crippen molar-refractivity contribution < 1.29 is 0 Å². The van der Waals surface area contributed by atoms with E-state index in [9.17, 15) is 0 Å². The summed E-state index contributed by atoms with van der Waals surface area (Å²) in [5.41, 5.74) is 6.47. The van der Waals surface area contributed by atoms with Gasteiger partial charge in [-0.2, -0.15) is 0 Å². The summed E-state index contributed by atoms with van der Waals surface area (Å²) in [7, 11) is 0. The van der Waals surface area contributed by atoms with Crippen molar-refractivity contribution in [2.45, 2.75) is 70.9 Å². The van der Waals surface area contributed by atoms with Crippen molar-refractivity contribution in [3.8, 4) is 0 Å². The molecule has 2 nitrogen and oxygen atoms in total. The second kappa shape index (κ2) is 5.86. The smallest absolute Gasteiger partial charge is 0.0330 e. The molecule has 1 aliphatic rings. The van der Waals surface area contributed by atoms with Gasteiger partial charge < -0.3 is 5.73 Å². The van der Waals surface area contributed by atoms with Crippen LogP contribution in [0.3, 0.4) is 0 Å². The molecule has 0 radical (unpaired) electrons. The average Bonchev–Trinajstić information content (AvgIpc) is 2.52. The molecule has 0 spiro atoms. The fraction of sp³-hybridized carbons (Fsp3) is 1.00. The van der Waals surface area contributed by atoms with Crippen molar-refractivity contribution in [1.29, 1.82) is 0 Å². The molecule has 0 amide bonds. The molecule has 1 aliphatic heterocycles. The van der Waals surface area contributed by atoms with Gasteiger partial charge >= 0.3 is 0 Å². The second-order valence-corrected chi connectivity index (χ2v) is 5.15. The first-order valence-corrected chi connectivity index (χ1v) is 6.65. The Morgan fingerprint density at radius 2 is 2.00 bits per heavy atom. The van der Waals surface area contributed by atoms with Gasteiger partial charge in [0, 0.05) is 18.1 Å². The van der Waals surface area contributed by atoms with Gasteiger partial charge in [0.1, 0.15) is 0 Å². The van der Waals surface area contributed by atoms with Gasteiger partial charge in [-0.25, -0.2) is 0 Å². The number of rotatable bonds is 6. The van der Waals surface area contributed by atoms with Gasteiger partial charge in [0.05, 0.1) is 0 Å². The van der Waals surface area contributed by atoms with Crippen LogP contribution in [0.15, 0.2) is 0 Å². The van der Waals surface area contributed by atoms with Crippen LogP contribution in [0.25, 0.3) is 0 Å². The molecule has 0 aromatic carbocycles. The van der Waals surface area contributed by atoms with E-state index < -0.39 is 0 Å². The zero-order valence-corrected chi connectivity index (χ0v) is 10.8. The van der Waals surface area contributed by atoms with Gasteiger partial charge in [0.15, 0.2) is 0 Å². The van der Waals surface area contributed by atoms with Crippen LogP contribution < -0.4 is 5.73 Å². The highest BCUT2D eigenvalue weighted by molar-refractivity contribution is 5.00. The van der Waals surface area contributed by atoms with E-state index in [4.69, 9.17) is 5.73 Å². The van der Waals surface area contributed by atoms with Crippen LogP contribution in [0.2, 0.25) is 0 Å². The normalized spacial score (nSPS) is 32.4. The third-order valence-electron chi connectivity index (χ3n) is 4.23. The molecule has 1 fully saturated rings. The van der Waals surface area contributed by atoms with E-state index in [1.807, 2.05) is 0 Å². The number of hydrogen-bond donors (Lipinski definition) is 1. The first-order chi connectivity index (χ1) is 7.15. The predicted octanol–water partition coefficient (Wildman–Crippen LogP) is 2.77. The highest BCUT2D eigenvalue weighted by atomic mass is 15.2. The minimum Gasteiger partial charge on any atom is -0.326 e. The molecule has 0 aromatic rings. The number of nitrogens with two attached hydrogens (primary N) is 1. The highest BCUT2D eigenvalue weighted by Gasteiger charge is 2.40. The molecular weight excluding hydrogens is 184 g/mol. The summed E-state index contributed by atoms with van der Waals surface area (Å²) in [6.45, 7) is 9.33. The van der Waals surface area contributed by atoms with E-state index in [1.165, 1.54) is 51.6 Å². The van der Waals surface area contributed by atoms with Crippen LogP contribution in [0.1, 0.15) is 59.3 Å². The third kappa shape index (κ3) is 2.94. The van der Waals surface area contributed by atoms with Gasteiger partial charge in [0.25, 0.3) is 0 Å².